The van der Waals surface area contributed by atoms with Crippen molar-refractivity contribution in [2.75, 3.05) is 11.9 Å². The Kier molecular flexibility index (Phi) is 5.33. The van der Waals surface area contributed by atoms with E-state index >= 15 is 0 Å². The Labute approximate surface area is 114 Å². The molecule has 0 heterocycles. The lowest BCUT2D eigenvalue weighted by atomic mass is 10.2. The highest BCUT2D eigenvalue weighted by Crippen LogP contribution is 2.26. The Morgan fingerprint density at radius 2 is 2.35 bits per heavy atom. The second-order valence-electron chi connectivity index (χ2n) is 3.41. The molecule has 0 aliphatic rings. The number of rotatable bonds is 4. The van der Waals surface area contributed by atoms with E-state index in [-0.39, 0.29) is 12.5 Å². The summed E-state index contributed by atoms with van der Waals surface area (Å²) < 4.78 is 0.887. The van der Waals surface area contributed by atoms with Gasteiger partial charge in [-0.15, -0.1) is 6.42 Å². The molecule has 0 radical (unpaired) electrons. The summed E-state index contributed by atoms with van der Waals surface area (Å²) in [6, 6.07) is 5.01. The number of halogens is 2. The molecule has 0 saturated heterocycles. The predicted octanol–water partition coefficient (Wildman–Crippen LogP) is 2.65. The molecule has 1 atom stereocenters. The molecule has 1 aromatic carbocycles. The van der Waals surface area contributed by atoms with Gasteiger partial charge in [0.15, 0.2) is 0 Å². The fourth-order valence-electron chi connectivity index (χ4n) is 1.20. The molecule has 90 valence electrons. The summed E-state index contributed by atoms with van der Waals surface area (Å²) in [6.07, 6.45) is 5.06. The van der Waals surface area contributed by atoms with Gasteiger partial charge in [-0.2, -0.15) is 0 Å². The normalized spacial score (nSPS) is 11.4. The van der Waals surface area contributed by atoms with E-state index in [0.717, 1.165) is 4.47 Å². The molecule has 2 N–H and O–H groups in total. The van der Waals surface area contributed by atoms with Crippen LogP contribution >= 0.6 is 27.5 Å². The minimum absolute atomic E-state index is 0.165. The van der Waals surface area contributed by atoms with Gasteiger partial charge < -0.3 is 10.6 Å². The van der Waals surface area contributed by atoms with Gasteiger partial charge >= 0.3 is 0 Å². The summed E-state index contributed by atoms with van der Waals surface area (Å²) in [7, 11) is 0. The van der Waals surface area contributed by atoms with E-state index in [2.05, 4.69) is 32.5 Å². The molecule has 1 amide bonds. The van der Waals surface area contributed by atoms with Gasteiger partial charge in [-0.1, -0.05) is 33.5 Å². The maximum Gasteiger partial charge on any atom is 0.242 e. The van der Waals surface area contributed by atoms with Crippen LogP contribution < -0.4 is 10.6 Å². The van der Waals surface area contributed by atoms with E-state index in [1.54, 1.807) is 19.1 Å². The summed E-state index contributed by atoms with van der Waals surface area (Å²) >= 11 is 9.34. The molecule has 0 aliphatic heterocycles. The average Bonchev–Trinajstić information content (AvgIpc) is 2.29. The topological polar surface area (TPSA) is 41.1 Å². The second-order valence-corrected chi connectivity index (χ2v) is 4.73. The summed E-state index contributed by atoms with van der Waals surface area (Å²) in [6.45, 7) is 1.96. The largest absolute Gasteiger partial charge is 0.373 e. The number of terminal acetylenes is 1. The standard InChI is InChI=1S/C12H12BrClN2O/c1-3-6-15-12(17)8(2)16-11-5-4-9(13)7-10(11)14/h1,4-5,7-8,16H,6H2,2H3,(H,15,17). The van der Waals surface area contributed by atoms with Gasteiger partial charge in [0, 0.05) is 4.47 Å². The third kappa shape index (κ3) is 4.29. The number of anilines is 1. The molecule has 5 heteroatoms. The maximum atomic E-state index is 11.6. The van der Waals surface area contributed by atoms with Crippen LogP contribution in [0.1, 0.15) is 6.92 Å². The number of hydrogen-bond donors (Lipinski definition) is 2. The summed E-state index contributed by atoms with van der Waals surface area (Å²) in [5.41, 5.74) is 0.707. The van der Waals surface area contributed by atoms with Gasteiger partial charge in [0.05, 0.1) is 17.3 Å². The van der Waals surface area contributed by atoms with Crippen molar-refractivity contribution in [2.45, 2.75) is 13.0 Å². The van der Waals surface area contributed by atoms with E-state index in [9.17, 15) is 4.79 Å². The molecule has 3 nitrogen and oxygen atoms in total. The van der Waals surface area contributed by atoms with Crippen LogP contribution in [-0.4, -0.2) is 18.5 Å². The predicted molar refractivity (Wildman–Crippen MR) is 74.1 cm³/mol. The maximum absolute atomic E-state index is 11.6. The van der Waals surface area contributed by atoms with Gasteiger partial charge in [-0.3, -0.25) is 4.79 Å². The zero-order valence-electron chi connectivity index (χ0n) is 9.26. The SMILES string of the molecule is C#CCNC(=O)C(C)Nc1ccc(Br)cc1Cl. The Balaban J connectivity index is 2.65. The molecule has 0 fully saturated rings. The van der Waals surface area contributed by atoms with Crippen molar-refractivity contribution in [3.63, 3.8) is 0 Å². The Morgan fingerprint density at radius 3 is 2.94 bits per heavy atom. The lowest BCUT2D eigenvalue weighted by molar-refractivity contribution is -0.121. The van der Waals surface area contributed by atoms with E-state index in [1.165, 1.54) is 0 Å². The number of nitrogens with one attached hydrogen (secondary N) is 2. The van der Waals surface area contributed by atoms with Crippen LogP contribution in [0.15, 0.2) is 22.7 Å². The second kappa shape index (κ2) is 6.53. The van der Waals surface area contributed by atoms with E-state index in [0.29, 0.717) is 10.7 Å². The van der Waals surface area contributed by atoms with Crippen molar-refractivity contribution in [3.8, 4) is 12.3 Å². The first-order chi connectivity index (χ1) is 8.04. The third-order valence-electron chi connectivity index (χ3n) is 2.06. The fourth-order valence-corrected chi connectivity index (χ4v) is 1.92. The third-order valence-corrected chi connectivity index (χ3v) is 2.87. The van der Waals surface area contributed by atoms with E-state index in [1.807, 2.05) is 6.07 Å². The minimum Gasteiger partial charge on any atom is -0.373 e. The Morgan fingerprint density at radius 1 is 1.65 bits per heavy atom. The first kappa shape index (κ1) is 13.9. The monoisotopic (exact) mass is 314 g/mol. The molecular formula is C12H12BrClN2O. The molecule has 0 aliphatic carbocycles. The van der Waals surface area contributed by atoms with Gasteiger partial charge in [0.25, 0.3) is 0 Å². The van der Waals surface area contributed by atoms with Crippen molar-refractivity contribution < 1.29 is 4.79 Å². The van der Waals surface area contributed by atoms with Crippen LogP contribution in [0.5, 0.6) is 0 Å². The summed E-state index contributed by atoms with van der Waals surface area (Å²) in [4.78, 5) is 11.6. The number of amides is 1. The first-order valence-electron chi connectivity index (χ1n) is 4.97. The molecule has 0 spiro atoms. The van der Waals surface area contributed by atoms with Gasteiger partial charge in [0.2, 0.25) is 5.91 Å². The summed E-state index contributed by atoms with van der Waals surface area (Å²) in [5, 5.41) is 6.16. The van der Waals surface area contributed by atoms with Crippen molar-refractivity contribution in [3.05, 3.63) is 27.7 Å². The highest BCUT2D eigenvalue weighted by atomic mass is 79.9. The number of carbonyl (C=O) groups excluding carboxylic acids is 1. The smallest absolute Gasteiger partial charge is 0.242 e. The van der Waals surface area contributed by atoms with Crippen LogP contribution in [0.25, 0.3) is 0 Å². The quantitative estimate of drug-likeness (QED) is 0.839. The van der Waals surface area contributed by atoms with E-state index < -0.39 is 6.04 Å². The van der Waals surface area contributed by atoms with Crippen LogP contribution in [0.4, 0.5) is 5.69 Å². The molecule has 0 saturated carbocycles. The zero-order chi connectivity index (χ0) is 12.8. The van der Waals surface area contributed by atoms with Gasteiger partial charge in [-0.05, 0) is 25.1 Å². The lowest BCUT2D eigenvalue weighted by Crippen LogP contribution is -2.37. The minimum atomic E-state index is -0.401. The Hall–Kier alpha value is -1.18. The molecule has 1 unspecified atom stereocenters. The van der Waals surface area contributed by atoms with Crippen molar-refractivity contribution >= 4 is 39.1 Å². The van der Waals surface area contributed by atoms with Crippen LogP contribution in [0.2, 0.25) is 5.02 Å². The highest BCUT2D eigenvalue weighted by molar-refractivity contribution is 9.10. The lowest BCUT2D eigenvalue weighted by Gasteiger charge is -2.15. The molecule has 0 bridgehead atoms. The average molecular weight is 316 g/mol. The van der Waals surface area contributed by atoms with E-state index in [4.69, 9.17) is 18.0 Å². The molecule has 1 rings (SSSR count). The number of benzene rings is 1. The molecule has 17 heavy (non-hydrogen) atoms. The Bertz CT molecular complexity index is 456. The zero-order valence-corrected chi connectivity index (χ0v) is 11.6. The van der Waals surface area contributed by atoms with Gasteiger partial charge in [0.1, 0.15) is 6.04 Å². The van der Waals surface area contributed by atoms with Crippen LogP contribution in [0, 0.1) is 12.3 Å². The summed E-state index contributed by atoms with van der Waals surface area (Å²) in [5.74, 6) is 2.18. The highest BCUT2D eigenvalue weighted by Gasteiger charge is 2.12. The number of hydrogen-bond acceptors (Lipinski definition) is 2. The van der Waals surface area contributed by atoms with Gasteiger partial charge in [-0.25, -0.2) is 0 Å². The van der Waals surface area contributed by atoms with Crippen molar-refractivity contribution in [1.82, 2.24) is 5.32 Å². The van der Waals surface area contributed by atoms with Crippen LogP contribution in [0.3, 0.4) is 0 Å². The molecular weight excluding hydrogens is 304 g/mol. The van der Waals surface area contributed by atoms with Crippen LogP contribution in [-0.2, 0) is 4.79 Å². The molecule has 1 aromatic rings. The molecule has 0 aromatic heterocycles. The first-order valence-corrected chi connectivity index (χ1v) is 6.14. The fraction of sp³-hybridized carbons (Fsp3) is 0.250. The van der Waals surface area contributed by atoms with Crippen molar-refractivity contribution in [2.24, 2.45) is 0 Å². The number of carbonyl (C=O) groups is 1. The van der Waals surface area contributed by atoms with Crippen molar-refractivity contribution in [1.29, 1.82) is 0 Å².